The van der Waals surface area contributed by atoms with Gasteiger partial charge in [0.05, 0.1) is 35.6 Å². The molecule has 2 saturated heterocycles. The van der Waals surface area contributed by atoms with Gasteiger partial charge in [-0.05, 0) is 82.4 Å². The van der Waals surface area contributed by atoms with E-state index in [1.165, 1.54) is 24.3 Å². The standard InChI is InChI=1S/C47H64N6O10S3.H3N/c1-6-52-37-29-32(65(57,58)59)20-22-34(37)46(2,3)40(52)16-9-7-10-17-41-47(4,5)35-23-21-33(66(60,61)62)30-38(35)53(41)26-14-8-11-18-42(54)48-24-27-63-28-25-49-43(55)19-13-12-15-39-44-36(31-64-39)50-45(56)51-44;/h7,9-10,16-17,20-23,29-30,36,39,44H,6,8,11-15,18-19,24-28,31H2,1-5H3,(H5-,48,49,50,51,54,55,56,57,58,59,60,61,62);1H3/t36-,39-,44-;/m0./s1. The molecule has 4 aliphatic rings. The second kappa shape index (κ2) is 22.7. The smallest absolute Gasteiger partial charge is 0.315 e. The van der Waals surface area contributed by atoms with Gasteiger partial charge in [0.15, 0.2) is 5.71 Å². The second-order valence-corrected chi connectivity index (χ2v) is 22.2. The number of fused-ring (bicyclic) bond motifs is 3. The third-order valence-corrected chi connectivity index (χ3v) is 16.1. The summed E-state index contributed by atoms with van der Waals surface area (Å²) in [5.41, 5.74) is 4.13. The molecule has 0 bridgehead atoms. The van der Waals surface area contributed by atoms with Crippen LogP contribution in [0.15, 0.2) is 82.3 Å². The van der Waals surface area contributed by atoms with Crippen LogP contribution in [-0.4, -0.2) is 117 Å². The number of nitrogens with zero attached hydrogens (tertiary/aromatic N) is 2. The van der Waals surface area contributed by atoms with Crippen molar-refractivity contribution >= 4 is 66.9 Å². The highest BCUT2D eigenvalue weighted by atomic mass is 32.2. The van der Waals surface area contributed by atoms with E-state index >= 15 is 0 Å². The lowest BCUT2D eigenvalue weighted by molar-refractivity contribution is -0.438. The maximum absolute atomic E-state index is 12.6. The molecule has 17 nitrogen and oxygen atoms in total. The lowest BCUT2D eigenvalue weighted by Gasteiger charge is -2.25. The Bertz CT molecular complexity index is 2500. The molecule has 8 N–H and O–H groups in total. The van der Waals surface area contributed by atoms with Crippen molar-refractivity contribution in [3.63, 3.8) is 0 Å². The van der Waals surface area contributed by atoms with Gasteiger partial charge in [0, 0.05) is 84.4 Å². The Morgan fingerprint density at radius 3 is 2.21 bits per heavy atom. The molecule has 0 radical (unpaired) electrons. The fourth-order valence-electron chi connectivity index (χ4n) is 9.40. The summed E-state index contributed by atoms with van der Waals surface area (Å²) >= 11 is 1.87. The molecule has 4 aliphatic heterocycles. The van der Waals surface area contributed by atoms with Crippen molar-refractivity contribution < 1.29 is 49.6 Å². The van der Waals surface area contributed by atoms with Crippen LogP contribution in [0.2, 0.25) is 0 Å². The first-order chi connectivity index (χ1) is 31.2. The highest BCUT2D eigenvalue weighted by Gasteiger charge is 2.45. The number of likely N-dealkylation sites (N-methyl/N-ethyl adjacent to an activating group) is 1. The largest absolute Gasteiger partial charge is 0.744 e. The number of unbranched alkanes of at least 4 members (excludes halogenated alkanes) is 3. The minimum absolute atomic E-state index is 0. The van der Waals surface area contributed by atoms with E-state index < -0.39 is 31.1 Å². The van der Waals surface area contributed by atoms with E-state index in [0.717, 1.165) is 54.0 Å². The van der Waals surface area contributed by atoms with Gasteiger partial charge in [-0.15, -0.1) is 0 Å². The van der Waals surface area contributed by atoms with Crippen LogP contribution >= 0.6 is 11.8 Å². The lowest BCUT2D eigenvalue weighted by Crippen LogP contribution is -2.36. The molecule has 0 aromatic heterocycles. The Balaban J connectivity index is 0.00000840. The summed E-state index contributed by atoms with van der Waals surface area (Å²) in [7, 11) is -9.06. The number of allylic oxidation sites excluding steroid dienone is 6. The Labute approximate surface area is 399 Å². The van der Waals surface area contributed by atoms with E-state index in [2.05, 4.69) is 53.5 Å². The molecule has 0 unspecified atom stereocenters. The zero-order valence-corrected chi connectivity index (χ0v) is 41.6. The van der Waals surface area contributed by atoms with Crippen LogP contribution in [0.4, 0.5) is 16.2 Å². The molecular formula is C47H67N7O10S3. The molecule has 6 rings (SSSR count). The first kappa shape index (κ1) is 53.4. The van der Waals surface area contributed by atoms with Crippen LogP contribution in [0.25, 0.3) is 0 Å². The summed E-state index contributed by atoms with van der Waals surface area (Å²) < 4.78 is 77.3. The summed E-state index contributed by atoms with van der Waals surface area (Å²) in [6.07, 6.45) is 15.3. The number of hydrogen-bond acceptors (Lipinski definition) is 12. The van der Waals surface area contributed by atoms with Crippen molar-refractivity contribution in [3.05, 3.63) is 83.6 Å². The number of carbonyl (C=O) groups is 3. The van der Waals surface area contributed by atoms with Gasteiger partial charge in [-0.2, -0.15) is 24.8 Å². The molecule has 4 heterocycles. The molecule has 368 valence electrons. The van der Waals surface area contributed by atoms with Crippen LogP contribution in [0.1, 0.15) is 97.1 Å². The number of thioether (sulfide) groups is 1. The predicted molar refractivity (Wildman–Crippen MR) is 260 cm³/mol. The number of anilines is 1. The fourth-order valence-corrected chi connectivity index (χ4v) is 11.9. The summed E-state index contributed by atoms with van der Waals surface area (Å²) in [6.45, 7) is 12.7. The molecule has 0 spiro atoms. The van der Waals surface area contributed by atoms with Gasteiger partial charge in [-0.3, -0.25) is 14.1 Å². The second-order valence-electron chi connectivity index (χ2n) is 18.1. The zero-order valence-electron chi connectivity index (χ0n) is 39.1. The van der Waals surface area contributed by atoms with Gasteiger partial charge in [-0.25, -0.2) is 13.2 Å². The molecule has 4 amide bonds. The zero-order chi connectivity index (χ0) is 47.9. The van der Waals surface area contributed by atoms with Crippen molar-refractivity contribution in [2.45, 2.75) is 124 Å². The van der Waals surface area contributed by atoms with Gasteiger partial charge >= 0.3 is 6.03 Å². The molecule has 0 saturated carbocycles. The Morgan fingerprint density at radius 2 is 1.55 bits per heavy atom. The van der Waals surface area contributed by atoms with Gasteiger partial charge < -0.3 is 41.6 Å². The molecule has 67 heavy (non-hydrogen) atoms. The van der Waals surface area contributed by atoms with Crippen molar-refractivity contribution in [2.24, 2.45) is 0 Å². The van der Waals surface area contributed by atoms with Crippen molar-refractivity contribution in [1.29, 1.82) is 0 Å². The SMILES string of the molecule is CCN1/C(=C/C=C/C=C/C2=[N+](CCCCCC(=O)NCCOCCNC(=O)CCCC[C@@H]3SC[C@@H]4NC(=O)N[C@@H]43)c3cc(S(=O)(=O)O)ccc3C2(C)C)C(C)(C)c2ccc(S(=O)(=O)[O-])cc21.N. The maximum atomic E-state index is 12.6. The van der Waals surface area contributed by atoms with E-state index in [9.17, 15) is 40.3 Å². The topological polar surface area (TPSA) is 261 Å². The molecule has 3 atom stereocenters. The molecule has 20 heteroatoms. The van der Waals surface area contributed by atoms with E-state index in [4.69, 9.17) is 4.74 Å². The highest BCUT2D eigenvalue weighted by Crippen LogP contribution is 2.48. The lowest BCUT2D eigenvalue weighted by atomic mass is 9.81. The Kier molecular flexibility index (Phi) is 18.1. The summed E-state index contributed by atoms with van der Waals surface area (Å²) in [5.74, 6) is 0.822. The van der Waals surface area contributed by atoms with Gasteiger partial charge in [0.2, 0.25) is 17.5 Å². The summed E-state index contributed by atoms with van der Waals surface area (Å²) in [5, 5.41) is 12.1. The van der Waals surface area contributed by atoms with E-state index in [0.29, 0.717) is 81.7 Å². The van der Waals surface area contributed by atoms with Gasteiger partial charge in [0.25, 0.3) is 10.1 Å². The molecule has 2 aromatic rings. The normalized spacial score (nSPS) is 21.1. The number of carbonyl (C=O) groups excluding carboxylic acids is 3. The average Bonchev–Trinajstić information content (AvgIpc) is 3.93. The first-order valence-electron chi connectivity index (χ1n) is 22.7. The molecular weight excluding hydrogens is 919 g/mol. The number of hydrogen-bond donors (Lipinski definition) is 6. The van der Waals surface area contributed by atoms with Crippen molar-refractivity contribution in [1.82, 2.24) is 27.4 Å². The predicted octanol–water partition coefficient (Wildman–Crippen LogP) is 5.72. The maximum Gasteiger partial charge on any atom is 0.315 e. The number of nitrogens with one attached hydrogen (secondary N) is 4. The number of amides is 4. The van der Waals surface area contributed by atoms with Gasteiger partial charge in [-0.1, -0.05) is 44.6 Å². The van der Waals surface area contributed by atoms with Crippen LogP contribution in [0, 0.1) is 0 Å². The molecule has 2 fully saturated rings. The highest BCUT2D eigenvalue weighted by molar-refractivity contribution is 8.00. The van der Waals surface area contributed by atoms with Crippen LogP contribution in [-0.2, 0) is 45.4 Å². The van der Waals surface area contributed by atoms with Crippen LogP contribution in [0.3, 0.4) is 0 Å². The number of urea groups is 1. The van der Waals surface area contributed by atoms with Gasteiger partial charge in [0.1, 0.15) is 21.6 Å². The monoisotopic (exact) mass is 985 g/mol. The minimum Gasteiger partial charge on any atom is -0.744 e. The first-order valence-corrected chi connectivity index (χ1v) is 26.6. The van der Waals surface area contributed by atoms with Crippen LogP contribution in [0.5, 0.6) is 0 Å². The minimum atomic E-state index is -4.62. The van der Waals surface area contributed by atoms with Crippen molar-refractivity contribution in [3.8, 4) is 0 Å². The molecule has 2 aromatic carbocycles. The summed E-state index contributed by atoms with van der Waals surface area (Å²) in [6, 6.07) is 9.46. The third-order valence-electron chi connectivity index (χ3n) is 12.9. The quantitative estimate of drug-likeness (QED) is 0.0256. The third kappa shape index (κ3) is 13.0. The molecule has 0 aliphatic carbocycles. The van der Waals surface area contributed by atoms with Crippen molar-refractivity contribution in [2.75, 3.05) is 50.0 Å². The van der Waals surface area contributed by atoms with E-state index in [1.807, 2.05) is 54.0 Å². The number of ether oxygens (including phenoxy) is 1. The average molecular weight is 986 g/mol. The fraction of sp³-hybridized carbons (Fsp3) is 0.532. The Morgan fingerprint density at radius 1 is 0.896 bits per heavy atom. The number of rotatable bonds is 23. The number of benzene rings is 2. The van der Waals surface area contributed by atoms with E-state index in [1.54, 1.807) is 12.1 Å². The van der Waals surface area contributed by atoms with E-state index in [-0.39, 0.29) is 45.9 Å². The van der Waals surface area contributed by atoms with Crippen LogP contribution < -0.4 is 32.3 Å². The Hall–Kier alpha value is -4.57. The summed E-state index contributed by atoms with van der Waals surface area (Å²) in [4.78, 5) is 37.9.